The number of aromatic amines is 1. The maximum Gasteiger partial charge on any atom is 0.254 e. The van der Waals surface area contributed by atoms with E-state index >= 15 is 0 Å². The van der Waals surface area contributed by atoms with Gasteiger partial charge >= 0.3 is 0 Å². The van der Waals surface area contributed by atoms with Gasteiger partial charge in [0.2, 0.25) is 5.95 Å². The third-order valence-electron chi connectivity index (χ3n) is 1.89. The van der Waals surface area contributed by atoms with Crippen molar-refractivity contribution < 1.29 is 8.78 Å². The number of nitrogens with zero attached hydrogens (tertiary/aromatic N) is 1. The molecule has 5 nitrogen and oxygen atoms in total. The van der Waals surface area contributed by atoms with E-state index < -0.39 is 17.2 Å². The molecule has 0 fully saturated rings. The molecule has 1 aromatic carbocycles. The Morgan fingerprint density at radius 1 is 1.18 bits per heavy atom. The molecule has 2 rings (SSSR count). The van der Waals surface area contributed by atoms with E-state index in [-0.39, 0.29) is 17.5 Å². The zero-order chi connectivity index (χ0) is 12.4. The normalized spacial score (nSPS) is 10.2. The Morgan fingerprint density at radius 2 is 1.82 bits per heavy atom. The van der Waals surface area contributed by atoms with Gasteiger partial charge in [0.1, 0.15) is 17.5 Å². The van der Waals surface area contributed by atoms with E-state index in [9.17, 15) is 13.6 Å². The van der Waals surface area contributed by atoms with Crippen molar-refractivity contribution in [2.75, 3.05) is 11.1 Å². The summed E-state index contributed by atoms with van der Waals surface area (Å²) in [5, 5.41) is 2.58. The van der Waals surface area contributed by atoms with Gasteiger partial charge in [0, 0.05) is 17.8 Å². The topological polar surface area (TPSA) is 83.8 Å². The highest BCUT2D eigenvalue weighted by Gasteiger charge is 2.03. The van der Waals surface area contributed by atoms with Crippen LogP contribution >= 0.6 is 0 Å². The van der Waals surface area contributed by atoms with Crippen molar-refractivity contribution in [2.24, 2.45) is 0 Å². The zero-order valence-electron chi connectivity index (χ0n) is 8.50. The number of benzene rings is 1. The summed E-state index contributed by atoms with van der Waals surface area (Å²) in [5.74, 6) is -1.44. The summed E-state index contributed by atoms with van der Waals surface area (Å²) in [6.45, 7) is 0. The third-order valence-corrected chi connectivity index (χ3v) is 1.89. The highest BCUT2D eigenvalue weighted by Crippen LogP contribution is 2.16. The number of nitrogens with two attached hydrogens (primary N) is 1. The molecular formula is C10H8F2N4O. The summed E-state index contributed by atoms with van der Waals surface area (Å²) in [5.41, 5.74) is 5.00. The summed E-state index contributed by atoms with van der Waals surface area (Å²) < 4.78 is 25.8. The van der Waals surface area contributed by atoms with Gasteiger partial charge in [0.05, 0.1) is 0 Å². The molecule has 7 heteroatoms. The van der Waals surface area contributed by atoms with Crippen LogP contribution in [0.5, 0.6) is 0 Å². The number of aromatic nitrogens is 2. The van der Waals surface area contributed by atoms with Crippen LogP contribution in [0.3, 0.4) is 0 Å². The fourth-order valence-corrected chi connectivity index (χ4v) is 1.31. The molecule has 0 bridgehead atoms. The molecule has 1 aromatic heterocycles. The van der Waals surface area contributed by atoms with E-state index in [0.29, 0.717) is 0 Å². The molecule has 0 atom stereocenters. The van der Waals surface area contributed by atoms with Crippen LogP contribution in [0, 0.1) is 11.6 Å². The van der Waals surface area contributed by atoms with E-state index in [1.54, 1.807) is 0 Å². The van der Waals surface area contributed by atoms with Crippen molar-refractivity contribution >= 4 is 17.5 Å². The van der Waals surface area contributed by atoms with Gasteiger partial charge in [-0.15, -0.1) is 0 Å². The van der Waals surface area contributed by atoms with Crippen molar-refractivity contribution in [1.29, 1.82) is 0 Å². The average molecular weight is 238 g/mol. The fraction of sp³-hybridized carbons (Fsp3) is 0. The van der Waals surface area contributed by atoms with Gasteiger partial charge in [0.25, 0.3) is 5.56 Å². The molecule has 17 heavy (non-hydrogen) atoms. The molecule has 1 heterocycles. The van der Waals surface area contributed by atoms with Crippen LogP contribution in [-0.2, 0) is 0 Å². The minimum atomic E-state index is -0.731. The first kappa shape index (κ1) is 11.1. The van der Waals surface area contributed by atoms with Gasteiger partial charge in [-0.05, 0) is 12.1 Å². The van der Waals surface area contributed by atoms with E-state index in [1.807, 2.05) is 0 Å². The summed E-state index contributed by atoms with van der Waals surface area (Å²) in [6.07, 6.45) is 0. The number of nitrogens with one attached hydrogen (secondary N) is 2. The summed E-state index contributed by atoms with van der Waals surface area (Å²) >= 11 is 0. The first-order valence-electron chi connectivity index (χ1n) is 4.63. The molecule has 0 radical (unpaired) electrons. The fourth-order valence-electron chi connectivity index (χ4n) is 1.31. The summed E-state index contributed by atoms with van der Waals surface area (Å²) in [7, 11) is 0. The lowest BCUT2D eigenvalue weighted by molar-refractivity contribution is 0.584. The van der Waals surface area contributed by atoms with Gasteiger partial charge in [0.15, 0.2) is 0 Å². The molecule has 88 valence electrons. The molecule has 0 saturated carbocycles. The van der Waals surface area contributed by atoms with Crippen molar-refractivity contribution in [3.05, 3.63) is 46.3 Å². The highest BCUT2D eigenvalue weighted by molar-refractivity contribution is 5.56. The molecule has 0 saturated heterocycles. The molecule has 4 N–H and O–H groups in total. The second kappa shape index (κ2) is 4.20. The lowest BCUT2D eigenvalue weighted by Crippen LogP contribution is -2.11. The number of hydrogen-bond acceptors (Lipinski definition) is 4. The number of rotatable bonds is 2. The molecule has 0 unspecified atom stereocenters. The Kier molecular flexibility index (Phi) is 2.73. The number of halogens is 2. The predicted molar refractivity (Wildman–Crippen MR) is 58.9 cm³/mol. The molecular weight excluding hydrogens is 230 g/mol. The quantitative estimate of drug-likeness (QED) is 0.737. The van der Waals surface area contributed by atoms with Gasteiger partial charge < -0.3 is 11.1 Å². The van der Waals surface area contributed by atoms with Gasteiger partial charge in [-0.2, -0.15) is 4.98 Å². The first-order chi connectivity index (χ1) is 8.02. The summed E-state index contributed by atoms with van der Waals surface area (Å²) in [6, 6.07) is 4.01. The SMILES string of the molecule is Nc1nc(Nc2cc(F)cc(F)c2)cc(=O)[nH]1. The summed E-state index contributed by atoms with van der Waals surface area (Å²) in [4.78, 5) is 17.1. The Morgan fingerprint density at radius 3 is 2.41 bits per heavy atom. The van der Waals surface area contributed by atoms with Gasteiger partial charge in [-0.25, -0.2) is 8.78 Å². The smallest absolute Gasteiger partial charge is 0.254 e. The van der Waals surface area contributed by atoms with Crippen LogP contribution in [0.2, 0.25) is 0 Å². The first-order valence-corrected chi connectivity index (χ1v) is 4.63. The molecule has 2 aromatic rings. The van der Waals surface area contributed by atoms with Crippen LogP contribution in [-0.4, -0.2) is 9.97 Å². The van der Waals surface area contributed by atoms with E-state index in [0.717, 1.165) is 24.3 Å². The van der Waals surface area contributed by atoms with E-state index in [4.69, 9.17) is 5.73 Å². The van der Waals surface area contributed by atoms with E-state index in [2.05, 4.69) is 15.3 Å². The highest BCUT2D eigenvalue weighted by atomic mass is 19.1. The average Bonchev–Trinajstić information content (AvgIpc) is 2.13. The molecule has 0 spiro atoms. The van der Waals surface area contributed by atoms with Crippen molar-refractivity contribution in [1.82, 2.24) is 9.97 Å². The molecule has 0 amide bonds. The van der Waals surface area contributed by atoms with Crippen LogP contribution in [0.1, 0.15) is 0 Å². The minimum Gasteiger partial charge on any atom is -0.369 e. The van der Waals surface area contributed by atoms with Crippen molar-refractivity contribution in [3.63, 3.8) is 0 Å². The van der Waals surface area contributed by atoms with Crippen LogP contribution in [0.25, 0.3) is 0 Å². The minimum absolute atomic E-state index is 0.0862. The molecule has 0 aliphatic rings. The monoisotopic (exact) mass is 238 g/mol. The number of hydrogen-bond donors (Lipinski definition) is 3. The third kappa shape index (κ3) is 2.77. The van der Waals surface area contributed by atoms with Crippen molar-refractivity contribution in [3.8, 4) is 0 Å². The van der Waals surface area contributed by atoms with Gasteiger partial charge in [-0.3, -0.25) is 9.78 Å². The predicted octanol–water partition coefficient (Wildman–Crippen LogP) is 1.37. The number of nitrogen functional groups attached to an aromatic ring is 1. The molecule has 0 aliphatic carbocycles. The largest absolute Gasteiger partial charge is 0.369 e. The number of anilines is 3. The van der Waals surface area contributed by atoms with Crippen LogP contribution < -0.4 is 16.6 Å². The Labute approximate surface area is 94.3 Å². The standard InChI is InChI=1S/C10H8F2N4O/c11-5-1-6(12)3-7(2-5)14-8-4-9(17)16-10(13)15-8/h1-4H,(H4,13,14,15,16,17). The van der Waals surface area contributed by atoms with Crippen molar-refractivity contribution in [2.45, 2.75) is 0 Å². The zero-order valence-corrected chi connectivity index (χ0v) is 8.50. The second-order valence-corrected chi connectivity index (χ2v) is 3.30. The Balaban J connectivity index is 2.34. The maximum absolute atomic E-state index is 12.9. The lowest BCUT2D eigenvalue weighted by atomic mass is 10.3. The lowest BCUT2D eigenvalue weighted by Gasteiger charge is -2.05. The maximum atomic E-state index is 12.9. The van der Waals surface area contributed by atoms with Crippen LogP contribution in [0.4, 0.5) is 26.2 Å². The van der Waals surface area contributed by atoms with E-state index in [1.165, 1.54) is 0 Å². The van der Waals surface area contributed by atoms with Gasteiger partial charge in [-0.1, -0.05) is 0 Å². The second-order valence-electron chi connectivity index (χ2n) is 3.30. The Hall–Kier alpha value is -2.44. The number of H-pyrrole nitrogens is 1. The van der Waals surface area contributed by atoms with Crippen LogP contribution in [0.15, 0.2) is 29.1 Å². The molecule has 0 aliphatic heterocycles. The Bertz CT molecular complexity index is 591.